The number of hydrogen-bond donors (Lipinski definition) is 1. The number of aromatic nitrogens is 1. The van der Waals surface area contributed by atoms with Crippen molar-refractivity contribution < 1.29 is 18.3 Å². The van der Waals surface area contributed by atoms with Gasteiger partial charge in [-0.15, -0.1) is 0 Å². The van der Waals surface area contributed by atoms with Gasteiger partial charge in [-0.2, -0.15) is 0 Å². The van der Waals surface area contributed by atoms with Crippen molar-refractivity contribution >= 4 is 22.5 Å². The summed E-state index contributed by atoms with van der Waals surface area (Å²) in [4.78, 5) is 18.6. The molecule has 138 valence electrons. The van der Waals surface area contributed by atoms with E-state index in [0.29, 0.717) is 35.5 Å². The van der Waals surface area contributed by atoms with Gasteiger partial charge in [0.25, 0.3) is 5.91 Å². The number of nitrogen functional groups attached to an aromatic ring is 1. The Morgan fingerprint density at radius 1 is 1.19 bits per heavy atom. The van der Waals surface area contributed by atoms with Gasteiger partial charge in [-0.05, 0) is 31.2 Å². The summed E-state index contributed by atoms with van der Waals surface area (Å²) >= 11 is 0. The topological polar surface area (TPSA) is 68.5 Å². The van der Waals surface area contributed by atoms with Crippen molar-refractivity contribution in [2.45, 2.75) is 13.5 Å². The third-order valence-electron chi connectivity index (χ3n) is 4.89. The number of nitrogens with two attached hydrogens (primary N) is 1. The van der Waals surface area contributed by atoms with Crippen molar-refractivity contribution in [2.75, 3.05) is 19.4 Å². The first-order chi connectivity index (χ1) is 13.0. The average molecular weight is 369 g/mol. The number of amides is 1. The van der Waals surface area contributed by atoms with E-state index in [1.807, 2.05) is 6.92 Å². The van der Waals surface area contributed by atoms with Crippen LogP contribution in [-0.2, 0) is 6.54 Å². The molecule has 0 bridgehead atoms. The summed E-state index contributed by atoms with van der Waals surface area (Å²) in [5.74, 6) is -1.11. The fourth-order valence-corrected chi connectivity index (χ4v) is 3.48. The zero-order valence-corrected chi connectivity index (χ0v) is 14.8. The first-order valence-corrected chi connectivity index (χ1v) is 8.50. The number of ether oxygens (including phenoxy) is 1. The van der Waals surface area contributed by atoms with Gasteiger partial charge in [0.1, 0.15) is 17.4 Å². The minimum absolute atomic E-state index is 0.0181. The van der Waals surface area contributed by atoms with Crippen LogP contribution in [0.3, 0.4) is 0 Å². The molecular weight excluding hydrogens is 352 g/mol. The molecule has 5 nitrogen and oxygen atoms in total. The molecule has 1 amide bonds. The van der Waals surface area contributed by atoms with Crippen LogP contribution in [0.4, 0.5) is 14.5 Å². The van der Waals surface area contributed by atoms with Gasteiger partial charge in [0, 0.05) is 29.1 Å². The Hall–Kier alpha value is -3.22. The zero-order chi connectivity index (χ0) is 19.3. The highest BCUT2D eigenvalue weighted by atomic mass is 19.1. The summed E-state index contributed by atoms with van der Waals surface area (Å²) in [5.41, 5.74) is 7.61. The summed E-state index contributed by atoms with van der Waals surface area (Å²) in [6.07, 6.45) is 0. The molecule has 2 aromatic carbocycles. The van der Waals surface area contributed by atoms with Crippen LogP contribution in [0.2, 0.25) is 0 Å². The number of anilines is 1. The molecule has 27 heavy (non-hydrogen) atoms. The standard InChI is InChI=1S/C20H17F2N3O2/c1-3-25-9-15-17(20(25)26)18(23)12-6-7-13(21)16(19(12)24-15)11-5-4-10(27-2)8-14(11)22/h4-8H,3,9H2,1-2H3,(H2,23,24). The monoisotopic (exact) mass is 369 g/mol. The highest BCUT2D eigenvalue weighted by Gasteiger charge is 2.32. The maximum Gasteiger partial charge on any atom is 0.258 e. The number of methoxy groups -OCH3 is 1. The fourth-order valence-electron chi connectivity index (χ4n) is 3.48. The zero-order valence-electron chi connectivity index (χ0n) is 14.8. The minimum atomic E-state index is -0.632. The molecule has 1 aromatic heterocycles. The van der Waals surface area contributed by atoms with Crippen LogP contribution >= 0.6 is 0 Å². The Kier molecular flexibility index (Phi) is 3.95. The van der Waals surface area contributed by atoms with E-state index in [0.717, 1.165) is 0 Å². The number of hydrogen-bond acceptors (Lipinski definition) is 4. The molecule has 1 aliphatic heterocycles. The van der Waals surface area contributed by atoms with Crippen molar-refractivity contribution in [3.8, 4) is 16.9 Å². The number of benzene rings is 2. The van der Waals surface area contributed by atoms with E-state index >= 15 is 0 Å². The molecule has 0 radical (unpaired) electrons. The number of carbonyl (C=O) groups is 1. The third kappa shape index (κ3) is 2.50. The molecule has 0 atom stereocenters. The van der Waals surface area contributed by atoms with Crippen LogP contribution in [0.1, 0.15) is 23.0 Å². The van der Waals surface area contributed by atoms with Crippen LogP contribution in [0.25, 0.3) is 22.0 Å². The van der Waals surface area contributed by atoms with E-state index in [-0.39, 0.29) is 28.2 Å². The lowest BCUT2D eigenvalue weighted by Crippen LogP contribution is -2.23. The highest BCUT2D eigenvalue weighted by Crippen LogP contribution is 2.39. The van der Waals surface area contributed by atoms with Crippen LogP contribution in [0.15, 0.2) is 30.3 Å². The second-order valence-corrected chi connectivity index (χ2v) is 6.33. The molecule has 1 aliphatic rings. The van der Waals surface area contributed by atoms with Gasteiger partial charge in [0.05, 0.1) is 36.1 Å². The Bertz CT molecular complexity index is 1100. The predicted molar refractivity (Wildman–Crippen MR) is 98.5 cm³/mol. The summed E-state index contributed by atoms with van der Waals surface area (Å²) in [7, 11) is 1.43. The Balaban J connectivity index is 2.02. The lowest BCUT2D eigenvalue weighted by molar-refractivity contribution is 0.0787. The number of nitrogens with zero attached hydrogens (tertiary/aromatic N) is 2. The van der Waals surface area contributed by atoms with Crippen molar-refractivity contribution in [1.29, 1.82) is 0 Å². The van der Waals surface area contributed by atoms with Crippen LogP contribution in [0.5, 0.6) is 5.75 Å². The largest absolute Gasteiger partial charge is 0.497 e. The van der Waals surface area contributed by atoms with Crippen LogP contribution in [0, 0.1) is 11.6 Å². The molecule has 2 heterocycles. The molecule has 2 N–H and O–H groups in total. The van der Waals surface area contributed by atoms with Crippen molar-refractivity contribution in [2.24, 2.45) is 0 Å². The highest BCUT2D eigenvalue weighted by molar-refractivity contribution is 6.11. The SMILES string of the molecule is CCN1Cc2nc3c(-c4ccc(OC)cc4F)c(F)ccc3c(N)c2C1=O. The third-order valence-corrected chi connectivity index (χ3v) is 4.89. The van der Waals surface area contributed by atoms with Crippen LogP contribution in [-0.4, -0.2) is 29.4 Å². The lowest BCUT2D eigenvalue weighted by Gasteiger charge is -2.13. The van der Waals surface area contributed by atoms with Crippen molar-refractivity contribution in [1.82, 2.24) is 9.88 Å². The average Bonchev–Trinajstić information content (AvgIpc) is 2.98. The molecule has 0 aliphatic carbocycles. The fraction of sp³-hybridized carbons (Fsp3) is 0.200. The van der Waals surface area contributed by atoms with E-state index < -0.39 is 11.6 Å². The summed E-state index contributed by atoms with van der Waals surface area (Å²) in [6.45, 7) is 2.67. The van der Waals surface area contributed by atoms with E-state index in [2.05, 4.69) is 4.98 Å². The lowest BCUT2D eigenvalue weighted by atomic mass is 9.98. The minimum Gasteiger partial charge on any atom is -0.497 e. The molecule has 4 rings (SSSR count). The predicted octanol–water partition coefficient (Wildman–Crippen LogP) is 3.75. The van der Waals surface area contributed by atoms with Crippen molar-refractivity contribution in [3.05, 3.63) is 53.2 Å². The first kappa shape index (κ1) is 17.2. The van der Waals surface area contributed by atoms with Gasteiger partial charge in [0.2, 0.25) is 0 Å². The Labute approximate surface area is 154 Å². The van der Waals surface area contributed by atoms with Crippen LogP contribution < -0.4 is 10.5 Å². The molecule has 0 unspecified atom stereocenters. The smallest absolute Gasteiger partial charge is 0.258 e. The maximum absolute atomic E-state index is 14.7. The van der Waals surface area contributed by atoms with Gasteiger partial charge in [-0.3, -0.25) is 4.79 Å². The molecule has 0 saturated carbocycles. The first-order valence-electron chi connectivity index (χ1n) is 8.50. The van der Waals surface area contributed by atoms with E-state index in [1.165, 1.54) is 31.4 Å². The Morgan fingerprint density at radius 3 is 2.63 bits per heavy atom. The number of halogens is 2. The van der Waals surface area contributed by atoms with E-state index in [1.54, 1.807) is 11.0 Å². The molecule has 3 aromatic rings. The molecule has 0 spiro atoms. The van der Waals surface area contributed by atoms with Gasteiger partial charge >= 0.3 is 0 Å². The van der Waals surface area contributed by atoms with Crippen molar-refractivity contribution in [3.63, 3.8) is 0 Å². The number of fused-ring (bicyclic) bond motifs is 2. The Morgan fingerprint density at radius 2 is 1.96 bits per heavy atom. The van der Waals surface area contributed by atoms with Gasteiger partial charge in [-0.1, -0.05) is 0 Å². The van der Waals surface area contributed by atoms with E-state index in [9.17, 15) is 13.6 Å². The van der Waals surface area contributed by atoms with Gasteiger partial charge in [0.15, 0.2) is 0 Å². The van der Waals surface area contributed by atoms with Gasteiger partial charge < -0.3 is 15.4 Å². The molecule has 0 saturated heterocycles. The molecule has 0 fully saturated rings. The summed E-state index contributed by atoms with van der Waals surface area (Å²) < 4.78 is 34.3. The second-order valence-electron chi connectivity index (χ2n) is 6.33. The normalized spacial score (nSPS) is 13.3. The van der Waals surface area contributed by atoms with E-state index in [4.69, 9.17) is 10.5 Å². The number of carbonyl (C=O) groups excluding carboxylic acids is 1. The second kappa shape index (κ2) is 6.19. The molecule has 7 heteroatoms. The summed E-state index contributed by atoms with van der Waals surface area (Å²) in [5, 5.41) is 0.423. The number of pyridine rings is 1. The summed E-state index contributed by atoms with van der Waals surface area (Å²) in [6, 6.07) is 6.87. The quantitative estimate of drug-likeness (QED) is 0.764. The number of rotatable bonds is 3. The maximum atomic E-state index is 14.7. The van der Waals surface area contributed by atoms with Gasteiger partial charge in [-0.25, -0.2) is 13.8 Å². The molecular formula is C20H17F2N3O2.